The summed E-state index contributed by atoms with van der Waals surface area (Å²) in [6.45, 7) is 3.85. The van der Waals surface area contributed by atoms with E-state index in [1.54, 1.807) is 19.1 Å². The van der Waals surface area contributed by atoms with Crippen LogP contribution in [0, 0.1) is 6.92 Å². The second-order valence-electron chi connectivity index (χ2n) is 6.27. The van der Waals surface area contributed by atoms with Crippen LogP contribution in [0.5, 0.6) is 5.75 Å². The van der Waals surface area contributed by atoms with Gasteiger partial charge in [0.2, 0.25) is 0 Å². The first kappa shape index (κ1) is 19.5. The average molecular weight is 405 g/mol. The maximum absolute atomic E-state index is 12.5. The van der Waals surface area contributed by atoms with Gasteiger partial charge in [0, 0.05) is 22.0 Å². The van der Waals surface area contributed by atoms with Crippen LogP contribution in [-0.4, -0.2) is 5.97 Å². The molecule has 6 heteroatoms. The van der Waals surface area contributed by atoms with E-state index >= 15 is 0 Å². The molecule has 0 saturated carbocycles. The number of hydrogen-bond acceptors (Lipinski definition) is 4. The van der Waals surface area contributed by atoms with Crippen LogP contribution in [-0.2, 0) is 6.42 Å². The van der Waals surface area contributed by atoms with Gasteiger partial charge < -0.3 is 9.15 Å². The Labute approximate surface area is 166 Å². The van der Waals surface area contributed by atoms with E-state index < -0.39 is 11.6 Å². The minimum atomic E-state index is -0.608. The Kier molecular flexibility index (Phi) is 5.88. The van der Waals surface area contributed by atoms with E-state index in [0.29, 0.717) is 21.9 Å². The van der Waals surface area contributed by atoms with E-state index in [1.807, 2.05) is 6.07 Å². The highest BCUT2D eigenvalue weighted by Gasteiger charge is 2.17. The smallest absolute Gasteiger partial charge is 0.345 e. The van der Waals surface area contributed by atoms with Crippen molar-refractivity contribution in [2.75, 3.05) is 0 Å². The maximum atomic E-state index is 12.5. The molecule has 1 heterocycles. The van der Waals surface area contributed by atoms with E-state index in [0.717, 1.165) is 30.2 Å². The highest BCUT2D eigenvalue weighted by Crippen LogP contribution is 2.30. The fraction of sp³-hybridized carbons (Fsp3) is 0.238. The molecular formula is C21H18Cl2O4. The van der Waals surface area contributed by atoms with Crippen molar-refractivity contribution in [2.24, 2.45) is 0 Å². The van der Waals surface area contributed by atoms with Crippen molar-refractivity contribution >= 4 is 40.1 Å². The second-order valence-corrected chi connectivity index (χ2v) is 7.12. The lowest BCUT2D eigenvalue weighted by molar-refractivity contribution is 0.0734. The first-order valence-electron chi connectivity index (χ1n) is 8.64. The van der Waals surface area contributed by atoms with E-state index in [2.05, 4.69) is 6.92 Å². The summed E-state index contributed by atoms with van der Waals surface area (Å²) in [5, 5.41) is 1.49. The summed E-state index contributed by atoms with van der Waals surface area (Å²) in [6.07, 6.45) is 2.79. The monoisotopic (exact) mass is 404 g/mol. The van der Waals surface area contributed by atoms with Crippen LogP contribution in [0.1, 0.15) is 41.3 Å². The lowest BCUT2D eigenvalue weighted by Crippen LogP contribution is -2.10. The zero-order valence-electron chi connectivity index (χ0n) is 15.0. The predicted molar refractivity (Wildman–Crippen MR) is 107 cm³/mol. The number of halogens is 2. The van der Waals surface area contributed by atoms with Crippen molar-refractivity contribution in [3.8, 4) is 5.75 Å². The Balaban J connectivity index is 1.99. The topological polar surface area (TPSA) is 56.5 Å². The van der Waals surface area contributed by atoms with Gasteiger partial charge in [-0.15, -0.1) is 0 Å². The standard InChI is InChI=1S/C21H18Cl2O4/c1-3-4-5-13-10-19(24)27-20-12(2)18(9-8-15(13)20)26-21(25)16-7-6-14(22)11-17(16)23/h6-11H,3-5H2,1-2H3. The molecule has 0 amide bonds. The summed E-state index contributed by atoms with van der Waals surface area (Å²) in [4.78, 5) is 24.4. The molecule has 0 unspecified atom stereocenters. The summed E-state index contributed by atoms with van der Waals surface area (Å²) in [6, 6.07) is 9.59. The van der Waals surface area contributed by atoms with Crippen molar-refractivity contribution < 1.29 is 13.9 Å². The molecule has 2 aromatic carbocycles. The molecule has 0 aliphatic heterocycles. The molecule has 0 atom stereocenters. The Morgan fingerprint density at radius 1 is 1.15 bits per heavy atom. The van der Waals surface area contributed by atoms with Gasteiger partial charge in [-0.05, 0) is 55.7 Å². The Hall–Kier alpha value is -2.30. The fourth-order valence-electron chi connectivity index (χ4n) is 2.90. The van der Waals surface area contributed by atoms with E-state index in [9.17, 15) is 9.59 Å². The van der Waals surface area contributed by atoms with Crippen molar-refractivity contribution in [2.45, 2.75) is 33.1 Å². The van der Waals surface area contributed by atoms with Crippen LogP contribution in [0.25, 0.3) is 11.0 Å². The largest absolute Gasteiger partial charge is 0.422 e. The second kappa shape index (κ2) is 8.15. The van der Waals surface area contributed by atoms with E-state index in [4.69, 9.17) is 32.4 Å². The molecule has 4 nitrogen and oxygen atoms in total. The van der Waals surface area contributed by atoms with Gasteiger partial charge in [-0.25, -0.2) is 9.59 Å². The lowest BCUT2D eigenvalue weighted by Gasteiger charge is -2.12. The van der Waals surface area contributed by atoms with Gasteiger partial charge in [0.25, 0.3) is 0 Å². The number of rotatable bonds is 5. The molecule has 1 aromatic heterocycles. The molecular weight excluding hydrogens is 387 g/mol. The number of hydrogen-bond donors (Lipinski definition) is 0. The fourth-order valence-corrected chi connectivity index (χ4v) is 3.39. The zero-order chi connectivity index (χ0) is 19.6. The molecule has 0 saturated heterocycles. The van der Waals surface area contributed by atoms with Gasteiger partial charge in [0.15, 0.2) is 0 Å². The summed E-state index contributed by atoms with van der Waals surface area (Å²) in [5.41, 5.74) is 1.74. The number of carbonyl (C=O) groups excluding carboxylic acids is 1. The van der Waals surface area contributed by atoms with Crippen LogP contribution in [0.15, 0.2) is 45.6 Å². The summed E-state index contributed by atoms with van der Waals surface area (Å²) < 4.78 is 10.9. The van der Waals surface area contributed by atoms with Gasteiger partial charge in [0.1, 0.15) is 11.3 Å². The molecule has 0 fully saturated rings. The summed E-state index contributed by atoms with van der Waals surface area (Å²) >= 11 is 11.9. The first-order chi connectivity index (χ1) is 12.9. The van der Waals surface area contributed by atoms with E-state index in [-0.39, 0.29) is 10.6 Å². The van der Waals surface area contributed by atoms with Crippen LogP contribution >= 0.6 is 23.2 Å². The van der Waals surface area contributed by atoms with Gasteiger partial charge in [-0.1, -0.05) is 36.5 Å². The number of carbonyl (C=O) groups is 1. The third-order valence-corrected chi connectivity index (χ3v) is 4.90. The number of aryl methyl sites for hydroxylation is 2. The molecule has 3 rings (SSSR count). The number of benzene rings is 2. The Morgan fingerprint density at radius 3 is 2.63 bits per heavy atom. The molecule has 0 bridgehead atoms. The van der Waals surface area contributed by atoms with Crippen LogP contribution in [0.2, 0.25) is 10.0 Å². The van der Waals surface area contributed by atoms with E-state index in [1.165, 1.54) is 18.2 Å². The third kappa shape index (κ3) is 4.18. The molecule has 0 spiro atoms. The summed E-state index contributed by atoms with van der Waals surface area (Å²) in [5.74, 6) is -0.294. The van der Waals surface area contributed by atoms with Crippen molar-refractivity contribution in [1.82, 2.24) is 0 Å². The van der Waals surface area contributed by atoms with Crippen LogP contribution in [0.3, 0.4) is 0 Å². The SMILES string of the molecule is CCCCc1cc(=O)oc2c(C)c(OC(=O)c3ccc(Cl)cc3Cl)ccc12. The minimum absolute atomic E-state index is 0.207. The van der Waals surface area contributed by atoms with Crippen LogP contribution < -0.4 is 10.4 Å². The molecule has 0 radical (unpaired) electrons. The molecule has 3 aromatic rings. The van der Waals surface area contributed by atoms with Gasteiger partial charge in [-0.2, -0.15) is 0 Å². The molecule has 0 N–H and O–H groups in total. The van der Waals surface area contributed by atoms with Gasteiger partial charge in [0.05, 0.1) is 10.6 Å². The lowest BCUT2D eigenvalue weighted by atomic mass is 10.0. The third-order valence-electron chi connectivity index (χ3n) is 4.35. The number of unbranched alkanes of at least 4 members (excludes halogenated alkanes) is 1. The highest BCUT2D eigenvalue weighted by atomic mass is 35.5. The van der Waals surface area contributed by atoms with Crippen molar-refractivity contribution in [1.29, 1.82) is 0 Å². The molecule has 0 aliphatic rings. The predicted octanol–water partition coefficient (Wildman–Crippen LogP) is 5.97. The first-order valence-corrected chi connectivity index (χ1v) is 9.40. The quantitative estimate of drug-likeness (QED) is 0.298. The minimum Gasteiger partial charge on any atom is -0.422 e. The number of esters is 1. The Bertz CT molecular complexity index is 1070. The zero-order valence-corrected chi connectivity index (χ0v) is 16.5. The normalized spacial score (nSPS) is 11.0. The van der Waals surface area contributed by atoms with Gasteiger partial charge in [-0.3, -0.25) is 0 Å². The number of fused-ring (bicyclic) bond motifs is 1. The molecule has 0 aliphatic carbocycles. The summed E-state index contributed by atoms with van der Waals surface area (Å²) in [7, 11) is 0. The highest BCUT2D eigenvalue weighted by molar-refractivity contribution is 6.36. The average Bonchev–Trinajstić information content (AvgIpc) is 2.62. The van der Waals surface area contributed by atoms with Crippen LogP contribution in [0.4, 0.5) is 0 Å². The van der Waals surface area contributed by atoms with Crippen molar-refractivity contribution in [3.63, 3.8) is 0 Å². The number of ether oxygens (including phenoxy) is 1. The van der Waals surface area contributed by atoms with Crippen molar-refractivity contribution in [3.05, 3.63) is 73.6 Å². The Morgan fingerprint density at radius 2 is 1.93 bits per heavy atom. The maximum Gasteiger partial charge on any atom is 0.345 e. The van der Waals surface area contributed by atoms with Gasteiger partial charge >= 0.3 is 11.6 Å². The molecule has 27 heavy (non-hydrogen) atoms. The molecule has 140 valence electrons.